The van der Waals surface area contributed by atoms with Gasteiger partial charge in [0.2, 0.25) is 5.91 Å². The quantitative estimate of drug-likeness (QED) is 0.474. The average molecular weight is 449 g/mol. The van der Waals surface area contributed by atoms with Crippen LogP contribution >= 0.6 is 0 Å². The number of carbonyl (C=O) groups excluding carboxylic acids is 2. The van der Waals surface area contributed by atoms with Gasteiger partial charge in [-0.1, -0.05) is 73.7 Å². The Labute approximate surface area is 194 Å². The predicted octanol–water partition coefficient (Wildman–Crippen LogP) is 4.37. The number of hydrogen-bond donors (Lipinski definition) is 1. The largest absolute Gasteiger partial charge is 0.484 e. The number of nitrogens with one attached hydrogen (secondary N) is 1. The maximum absolute atomic E-state index is 14.5. The van der Waals surface area contributed by atoms with E-state index >= 15 is 0 Å². The summed E-state index contributed by atoms with van der Waals surface area (Å²) in [5.41, 5.74) is 1.25. The minimum Gasteiger partial charge on any atom is -0.484 e. The molecule has 0 unspecified atom stereocenters. The molecule has 5 nitrogen and oxygen atoms in total. The van der Waals surface area contributed by atoms with Crippen molar-refractivity contribution in [3.8, 4) is 5.75 Å². The van der Waals surface area contributed by atoms with Crippen LogP contribution in [0.4, 0.5) is 4.39 Å². The van der Waals surface area contributed by atoms with Crippen LogP contribution in [0.2, 0.25) is 0 Å². The van der Waals surface area contributed by atoms with E-state index in [1.165, 1.54) is 11.0 Å². The Balaban J connectivity index is 1.89. The van der Waals surface area contributed by atoms with Gasteiger partial charge in [-0.25, -0.2) is 4.39 Å². The predicted molar refractivity (Wildman–Crippen MR) is 126 cm³/mol. The first-order valence-electron chi connectivity index (χ1n) is 11.1. The summed E-state index contributed by atoms with van der Waals surface area (Å²) < 4.78 is 20.1. The number of rotatable bonds is 11. The average Bonchev–Trinajstić information content (AvgIpc) is 2.85. The van der Waals surface area contributed by atoms with Gasteiger partial charge in [0.1, 0.15) is 17.6 Å². The lowest BCUT2D eigenvalue weighted by atomic mass is 10.0. The van der Waals surface area contributed by atoms with Crippen molar-refractivity contribution in [2.45, 2.75) is 32.4 Å². The van der Waals surface area contributed by atoms with Gasteiger partial charge >= 0.3 is 0 Å². The zero-order valence-electron chi connectivity index (χ0n) is 18.7. The summed E-state index contributed by atoms with van der Waals surface area (Å²) >= 11 is 0. The highest BCUT2D eigenvalue weighted by molar-refractivity contribution is 5.88. The summed E-state index contributed by atoms with van der Waals surface area (Å²) in [6.45, 7) is 2.15. The van der Waals surface area contributed by atoms with Gasteiger partial charge in [0.05, 0.1) is 0 Å². The maximum Gasteiger partial charge on any atom is 0.261 e. The first-order chi connectivity index (χ1) is 16.1. The van der Waals surface area contributed by atoms with Crippen molar-refractivity contribution in [1.82, 2.24) is 10.2 Å². The van der Waals surface area contributed by atoms with Gasteiger partial charge < -0.3 is 15.0 Å². The van der Waals surface area contributed by atoms with Crippen molar-refractivity contribution in [2.24, 2.45) is 0 Å². The van der Waals surface area contributed by atoms with Crippen molar-refractivity contribution in [2.75, 3.05) is 13.2 Å². The standard InChI is InChI=1S/C27H29FN2O3/c1-2-17-29-27(32)25(18-21-11-5-3-6-12-21)30(19-22-13-9-10-16-24(22)28)26(31)20-33-23-14-7-4-8-15-23/h3-16,25H,2,17-20H2,1H3,(H,29,32)/t25-/m0/s1. The monoisotopic (exact) mass is 448 g/mol. The molecule has 2 amide bonds. The molecule has 1 atom stereocenters. The van der Waals surface area contributed by atoms with Crippen LogP contribution in [-0.4, -0.2) is 35.9 Å². The van der Waals surface area contributed by atoms with Crippen LogP contribution in [0, 0.1) is 5.82 Å². The van der Waals surface area contributed by atoms with Crippen molar-refractivity contribution in [3.05, 3.63) is 102 Å². The van der Waals surface area contributed by atoms with Gasteiger partial charge in [-0.2, -0.15) is 0 Å². The van der Waals surface area contributed by atoms with Gasteiger partial charge in [0.25, 0.3) is 5.91 Å². The third-order valence-corrected chi connectivity index (χ3v) is 5.22. The van der Waals surface area contributed by atoms with E-state index in [1.807, 2.05) is 55.5 Å². The molecule has 172 valence electrons. The van der Waals surface area contributed by atoms with Crippen LogP contribution in [0.15, 0.2) is 84.9 Å². The summed E-state index contributed by atoms with van der Waals surface area (Å²) in [5.74, 6) is -0.543. The minimum atomic E-state index is -0.814. The second-order valence-corrected chi connectivity index (χ2v) is 7.71. The first kappa shape index (κ1) is 24.0. The summed E-state index contributed by atoms with van der Waals surface area (Å²) in [4.78, 5) is 27.9. The molecule has 0 radical (unpaired) electrons. The highest BCUT2D eigenvalue weighted by Gasteiger charge is 2.31. The highest BCUT2D eigenvalue weighted by Crippen LogP contribution is 2.17. The van der Waals surface area contributed by atoms with Gasteiger partial charge in [-0.3, -0.25) is 9.59 Å². The van der Waals surface area contributed by atoms with E-state index in [2.05, 4.69) is 5.32 Å². The lowest BCUT2D eigenvalue weighted by Crippen LogP contribution is -2.51. The van der Waals surface area contributed by atoms with Crippen LogP contribution in [0.25, 0.3) is 0 Å². The number of amides is 2. The topological polar surface area (TPSA) is 58.6 Å². The molecule has 0 aliphatic carbocycles. The van der Waals surface area contributed by atoms with Crippen LogP contribution in [0.5, 0.6) is 5.75 Å². The Morgan fingerprint density at radius 2 is 1.58 bits per heavy atom. The van der Waals surface area contributed by atoms with Crippen LogP contribution in [-0.2, 0) is 22.6 Å². The molecule has 0 heterocycles. The summed E-state index contributed by atoms with van der Waals surface area (Å²) in [6.07, 6.45) is 1.07. The number of ether oxygens (including phenoxy) is 1. The molecule has 0 aromatic heterocycles. The number of carbonyl (C=O) groups is 2. The van der Waals surface area contributed by atoms with Gasteiger partial charge in [0, 0.05) is 25.1 Å². The molecule has 3 aromatic carbocycles. The van der Waals surface area contributed by atoms with Crippen molar-refractivity contribution >= 4 is 11.8 Å². The van der Waals surface area contributed by atoms with E-state index in [0.29, 0.717) is 24.3 Å². The smallest absolute Gasteiger partial charge is 0.261 e. The molecule has 0 fully saturated rings. The second-order valence-electron chi connectivity index (χ2n) is 7.71. The number of nitrogens with zero attached hydrogens (tertiary/aromatic N) is 1. The summed E-state index contributed by atoms with van der Waals surface area (Å²) in [6, 6.07) is 23.9. The van der Waals surface area contributed by atoms with E-state index in [4.69, 9.17) is 4.74 Å². The minimum absolute atomic E-state index is 0.0410. The van der Waals surface area contributed by atoms with E-state index < -0.39 is 17.8 Å². The summed E-state index contributed by atoms with van der Waals surface area (Å²) in [5, 5.41) is 2.89. The molecule has 0 bridgehead atoms. The molecule has 0 saturated carbocycles. The van der Waals surface area contributed by atoms with E-state index in [-0.39, 0.29) is 19.1 Å². The Kier molecular flexibility index (Phi) is 9.00. The zero-order valence-corrected chi connectivity index (χ0v) is 18.7. The molecule has 0 aliphatic heterocycles. The molecule has 0 saturated heterocycles. The Hall–Kier alpha value is -3.67. The number of benzene rings is 3. The number of halogens is 1. The second kappa shape index (κ2) is 12.4. The van der Waals surface area contributed by atoms with Crippen LogP contribution in [0.3, 0.4) is 0 Å². The molecule has 1 N–H and O–H groups in total. The fraction of sp³-hybridized carbons (Fsp3) is 0.259. The lowest BCUT2D eigenvalue weighted by Gasteiger charge is -2.31. The Morgan fingerprint density at radius 3 is 2.24 bits per heavy atom. The van der Waals surface area contributed by atoms with Crippen molar-refractivity contribution in [1.29, 1.82) is 0 Å². The molecule has 0 spiro atoms. The lowest BCUT2D eigenvalue weighted by molar-refractivity contribution is -0.142. The molecular formula is C27H29FN2O3. The fourth-order valence-electron chi connectivity index (χ4n) is 3.47. The third-order valence-electron chi connectivity index (χ3n) is 5.22. The SMILES string of the molecule is CCCNC(=O)[C@H](Cc1ccccc1)N(Cc1ccccc1F)C(=O)COc1ccccc1. The Morgan fingerprint density at radius 1 is 0.939 bits per heavy atom. The number of hydrogen-bond acceptors (Lipinski definition) is 3. The van der Waals surface area contributed by atoms with Crippen molar-refractivity contribution in [3.63, 3.8) is 0 Å². The fourth-order valence-corrected chi connectivity index (χ4v) is 3.47. The number of para-hydroxylation sites is 1. The van der Waals surface area contributed by atoms with E-state index in [9.17, 15) is 14.0 Å². The molecule has 6 heteroatoms. The molecule has 3 aromatic rings. The van der Waals surface area contributed by atoms with E-state index in [0.717, 1.165) is 12.0 Å². The highest BCUT2D eigenvalue weighted by atomic mass is 19.1. The molecular weight excluding hydrogens is 419 g/mol. The summed E-state index contributed by atoms with van der Waals surface area (Å²) in [7, 11) is 0. The van der Waals surface area contributed by atoms with Crippen molar-refractivity contribution < 1.29 is 18.7 Å². The third kappa shape index (κ3) is 7.17. The molecule has 0 aliphatic rings. The van der Waals surface area contributed by atoms with Gasteiger partial charge in [-0.15, -0.1) is 0 Å². The normalized spacial score (nSPS) is 11.5. The Bertz CT molecular complexity index is 1030. The van der Waals surface area contributed by atoms with Crippen LogP contribution < -0.4 is 10.1 Å². The van der Waals surface area contributed by atoms with E-state index in [1.54, 1.807) is 30.3 Å². The van der Waals surface area contributed by atoms with Gasteiger partial charge in [-0.05, 0) is 30.2 Å². The maximum atomic E-state index is 14.5. The van der Waals surface area contributed by atoms with Gasteiger partial charge in [0.15, 0.2) is 6.61 Å². The first-order valence-corrected chi connectivity index (χ1v) is 11.1. The van der Waals surface area contributed by atoms with Crippen LogP contribution in [0.1, 0.15) is 24.5 Å². The molecule has 3 rings (SSSR count). The zero-order chi connectivity index (χ0) is 23.5. The molecule has 33 heavy (non-hydrogen) atoms.